The molecule has 15 heavy (non-hydrogen) atoms. The van der Waals surface area contributed by atoms with Crippen LogP contribution in [-0.4, -0.2) is 30.3 Å². The Morgan fingerprint density at radius 3 is 2.40 bits per heavy atom. The molecule has 0 bridgehead atoms. The Labute approximate surface area is 88.0 Å². The fraction of sp³-hybridized carbons (Fsp3) is 0.400. The normalized spacial score (nSPS) is 10.7. The van der Waals surface area contributed by atoms with E-state index < -0.39 is 11.9 Å². The van der Waals surface area contributed by atoms with Gasteiger partial charge >= 0.3 is 11.9 Å². The van der Waals surface area contributed by atoms with E-state index in [2.05, 4.69) is 16.1 Å². The second-order valence-corrected chi connectivity index (χ2v) is 2.85. The van der Waals surface area contributed by atoms with Crippen molar-refractivity contribution in [1.29, 1.82) is 0 Å². The van der Waals surface area contributed by atoms with Crippen LogP contribution in [0.2, 0.25) is 0 Å². The maximum absolute atomic E-state index is 11.1. The Kier molecular flexibility index (Phi) is 6.05. The van der Waals surface area contributed by atoms with Gasteiger partial charge in [0.15, 0.2) is 0 Å². The van der Waals surface area contributed by atoms with Gasteiger partial charge in [0, 0.05) is 5.57 Å². The lowest BCUT2D eigenvalue weighted by molar-refractivity contribution is -0.140. The first kappa shape index (κ1) is 13.4. The Bertz CT molecular complexity index is 290. The van der Waals surface area contributed by atoms with Crippen molar-refractivity contribution in [2.45, 2.75) is 13.8 Å². The van der Waals surface area contributed by atoms with Crippen molar-refractivity contribution in [3.63, 3.8) is 0 Å². The molecule has 0 rings (SSSR count). The van der Waals surface area contributed by atoms with Crippen LogP contribution >= 0.6 is 0 Å². The average Bonchev–Trinajstić information content (AvgIpc) is 2.21. The third-order valence-electron chi connectivity index (χ3n) is 1.34. The van der Waals surface area contributed by atoms with Crippen LogP contribution < -0.4 is 0 Å². The fourth-order valence-electron chi connectivity index (χ4n) is 0.543. The van der Waals surface area contributed by atoms with Crippen molar-refractivity contribution in [2.75, 3.05) is 13.2 Å². The van der Waals surface area contributed by atoms with Gasteiger partial charge in [0.1, 0.15) is 12.9 Å². The van der Waals surface area contributed by atoms with E-state index in [4.69, 9.17) is 5.11 Å². The molecule has 0 saturated heterocycles. The molecule has 0 aromatic carbocycles. The van der Waals surface area contributed by atoms with E-state index in [9.17, 15) is 9.59 Å². The second-order valence-electron chi connectivity index (χ2n) is 2.85. The third-order valence-corrected chi connectivity index (χ3v) is 1.34. The van der Waals surface area contributed by atoms with Crippen LogP contribution in [0.4, 0.5) is 0 Å². The van der Waals surface area contributed by atoms with Gasteiger partial charge in [-0.15, -0.1) is 0 Å². The zero-order valence-electron chi connectivity index (χ0n) is 8.78. The molecule has 0 aromatic heterocycles. The number of rotatable bonds is 5. The summed E-state index contributed by atoms with van der Waals surface area (Å²) in [6.45, 7) is 5.98. The lowest BCUT2D eigenvalue weighted by Gasteiger charge is -2.02. The SMILES string of the molecule is C=C(C)C(=O)O/C=C(\C)C(=O)OCCO. The van der Waals surface area contributed by atoms with E-state index in [1.54, 1.807) is 0 Å². The molecule has 5 nitrogen and oxygen atoms in total. The summed E-state index contributed by atoms with van der Waals surface area (Å²) >= 11 is 0. The van der Waals surface area contributed by atoms with E-state index in [1.165, 1.54) is 13.8 Å². The van der Waals surface area contributed by atoms with Crippen LogP contribution in [0.3, 0.4) is 0 Å². The lowest BCUT2D eigenvalue weighted by atomic mass is 10.3. The van der Waals surface area contributed by atoms with Crippen molar-refractivity contribution >= 4 is 11.9 Å². The highest BCUT2D eigenvalue weighted by molar-refractivity contribution is 5.90. The van der Waals surface area contributed by atoms with E-state index in [0.29, 0.717) is 0 Å². The van der Waals surface area contributed by atoms with E-state index in [1.807, 2.05) is 0 Å². The smallest absolute Gasteiger partial charge is 0.337 e. The number of carbonyl (C=O) groups excluding carboxylic acids is 2. The first-order valence-electron chi connectivity index (χ1n) is 4.30. The Morgan fingerprint density at radius 2 is 1.93 bits per heavy atom. The van der Waals surface area contributed by atoms with Crippen molar-refractivity contribution < 1.29 is 24.2 Å². The molecule has 0 unspecified atom stereocenters. The van der Waals surface area contributed by atoms with Crippen LogP contribution in [0.25, 0.3) is 0 Å². The van der Waals surface area contributed by atoms with Gasteiger partial charge < -0.3 is 14.6 Å². The van der Waals surface area contributed by atoms with Crippen LogP contribution in [0.5, 0.6) is 0 Å². The summed E-state index contributed by atoms with van der Waals surface area (Å²) in [5.74, 6) is -1.25. The molecule has 0 aromatic rings. The number of hydrogen-bond acceptors (Lipinski definition) is 5. The average molecular weight is 214 g/mol. The number of hydrogen-bond donors (Lipinski definition) is 1. The molecule has 0 radical (unpaired) electrons. The van der Waals surface area contributed by atoms with Gasteiger partial charge in [-0.05, 0) is 13.8 Å². The molecular weight excluding hydrogens is 200 g/mol. The number of aliphatic hydroxyl groups is 1. The summed E-state index contributed by atoms with van der Waals surface area (Å²) in [5.41, 5.74) is 0.376. The molecule has 0 aliphatic rings. The van der Waals surface area contributed by atoms with Gasteiger partial charge in [-0.3, -0.25) is 0 Å². The van der Waals surface area contributed by atoms with Gasteiger partial charge in [-0.2, -0.15) is 0 Å². The summed E-state index contributed by atoms with van der Waals surface area (Å²) in [7, 11) is 0. The minimum Gasteiger partial charge on any atom is -0.460 e. The number of ether oxygens (including phenoxy) is 2. The topological polar surface area (TPSA) is 72.8 Å². The first-order valence-corrected chi connectivity index (χ1v) is 4.30. The second kappa shape index (κ2) is 6.78. The minimum atomic E-state index is -0.640. The number of carbonyl (C=O) groups is 2. The van der Waals surface area contributed by atoms with Crippen molar-refractivity contribution in [1.82, 2.24) is 0 Å². The standard InChI is InChI=1S/C10H14O5/c1-7(2)9(12)15-6-8(3)10(13)14-5-4-11/h6,11H,1,4-5H2,2-3H3/b8-6+. The van der Waals surface area contributed by atoms with Crippen molar-refractivity contribution in [2.24, 2.45) is 0 Å². The highest BCUT2D eigenvalue weighted by Gasteiger charge is 2.07. The molecular formula is C10H14O5. The maximum Gasteiger partial charge on any atom is 0.337 e. The Hall–Kier alpha value is -1.62. The maximum atomic E-state index is 11.1. The van der Waals surface area contributed by atoms with Gasteiger partial charge in [0.05, 0.1) is 12.2 Å². The summed E-state index contributed by atoms with van der Waals surface area (Å²) in [4.78, 5) is 22.0. The molecule has 0 fully saturated rings. The molecule has 1 N–H and O–H groups in total. The summed E-state index contributed by atoms with van der Waals surface area (Å²) in [6.07, 6.45) is 0.997. The van der Waals surface area contributed by atoms with Gasteiger partial charge in [0.2, 0.25) is 0 Å². The van der Waals surface area contributed by atoms with E-state index in [-0.39, 0.29) is 24.4 Å². The summed E-state index contributed by atoms with van der Waals surface area (Å²) < 4.78 is 9.18. The lowest BCUT2D eigenvalue weighted by Crippen LogP contribution is -2.10. The molecule has 0 amide bonds. The minimum absolute atomic E-state index is 0.0849. The monoisotopic (exact) mass is 214 g/mol. The van der Waals surface area contributed by atoms with Crippen LogP contribution in [0.15, 0.2) is 24.0 Å². The third kappa shape index (κ3) is 5.64. The van der Waals surface area contributed by atoms with Gasteiger partial charge in [0.25, 0.3) is 0 Å². The molecule has 0 aliphatic carbocycles. The van der Waals surface area contributed by atoms with Crippen molar-refractivity contribution in [3.05, 3.63) is 24.0 Å². The first-order chi connectivity index (χ1) is 6.99. The molecule has 0 heterocycles. The molecule has 0 saturated carbocycles. The van der Waals surface area contributed by atoms with Crippen LogP contribution in [0.1, 0.15) is 13.8 Å². The number of aliphatic hydroxyl groups excluding tert-OH is 1. The highest BCUT2D eigenvalue weighted by atomic mass is 16.5. The van der Waals surface area contributed by atoms with Gasteiger partial charge in [-0.25, -0.2) is 9.59 Å². The van der Waals surface area contributed by atoms with E-state index >= 15 is 0 Å². The molecule has 84 valence electrons. The largest absolute Gasteiger partial charge is 0.460 e. The van der Waals surface area contributed by atoms with Gasteiger partial charge in [-0.1, -0.05) is 6.58 Å². The Morgan fingerprint density at radius 1 is 1.33 bits per heavy atom. The zero-order valence-corrected chi connectivity index (χ0v) is 8.78. The van der Waals surface area contributed by atoms with E-state index in [0.717, 1.165) is 6.26 Å². The van der Waals surface area contributed by atoms with Crippen molar-refractivity contribution in [3.8, 4) is 0 Å². The predicted octanol–water partition coefficient (Wildman–Crippen LogP) is 0.545. The summed E-state index contributed by atoms with van der Waals surface area (Å²) in [5, 5.41) is 8.39. The molecule has 5 heteroatoms. The molecule has 0 aliphatic heterocycles. The quantitative estimate of drug-likeness (QED) is 0.411. The fourth-order valence-corrected chi connectivity index (χ4v) is 0.543. The van der Waals surface area contributed by atoms with Crippen LogP contribution in [-0.2, 0) is 19.1 Å². The molecule has 0 spiro atoms. The Balaban J connectivity index is 4.13. The zero-order chi connectivity index (χ0) is 11.8. The number of esters is 2. The van der Waals surface area contributed by atoms with Crippen LogP contribution in [0, 0.1) is 0 Å². The predicted molar refractivity (Wildman–Crippen MR) is 52.7 cm³/mol. The molecule has 0 atom stereocenters. The highest BCUT2D eigenvalue weighted by Crippen LogP contribution is 2.00. The summed E-state index contributed by atoms with van der Waals surface area (Å²) in [6, 6.07) is 0.